The van der Waals surface area contributed by atoms with E-state index in [1.165, 1.54) is 0 Å². The van der Waals surface area contributed by atoms with Gasteiger partial charge in [-0.15, -0.1) is 24.0 Å². The Morgan fingerprint density at radius 3 is 3.00 bits per heavy atom. The molecule has 1 heterocycles. The standard InChI is InChI=1S/C8H6ClNS2/c9-7-4-1-2-12-6(4)3-5(10)8(7)11/h1-3,11H,10H2. The van der Waals surface area contributed by atoms with Crippen LogP contribution in [0.3, 0.4) is 0 Å². The van der Waals surface area contributed by atoms with E-state index in [-0.39, 0.29) is 0 Å². The summed E-state index contributed by atoms with van der Waals surface area (Å²) in [6.45, 7) is 0. The normalized spacial score (nSPS) is 10.8. The Morgan fingerprint density at radius 1 is 1.50 bits per heavy atom. The van der Waals surface area contributed by atoms with Crippen molar-refractivity contribution in [3.63, 3.8) is 0 Å². The van der Waals surface area contributed by atoms with E-state index in [2.05, 4.69) is 12.6 Å². The summed E-state index contributed by atoms with van der Waals surface area (Å²) >= 11 is 11.9. The highest BCUT2D eigenvalue weighted by atomic mass is 35.5. The summed E-state index contributed by atoms with van der Waals surface area (Å²) in [5, 5.41) is 3.67. The molecular weight excluding hydrogens is 210 g/mol. The number of nitrogens with two attached hydrogens (primary N) is 1. The minimum absolute atomic E-state index is 0.637. The van der Waals surface area contributed by atoms with Crippen molar-refractivity contribution < 1.29 is 0 Å². The molecule has 2 aromatic rings. The van der Waals surface area contributed by atoms with Crippen LogP contribution in [0.1, 0.15) is 0 Å². The smallest absolute Gasteiger partial charge is 0.0646 e. The van der Waals surface area contributed by atoms with Crippen LogP contribution in [0.25, 0.3) is 10.1 Å². The molecule has 1 aromatic carbocycles. The van der Waals surface area contributed by atoms with Gasteiger partial charge in [0.25, 0.3) is 0 Å². The van der Waals surface area contributed by atoms with Gasteiger partial charge in [0.2, 0.25) is 0 Å². The van der Waals surface area contributed by atoms with E-state index in [0.29, 0.717) is 15.6 Å². The Morgan fingerprint density at radius 2 is 2.25 bits per heavy atom. The Labute approximate surface area is 84.6 Å². The summed E-state index contributed by atoms with van der Waals surface area (Å²) in [6, 6.07) is 3.87. The molecule has 4 heteroatoms. The number of nitrogen functional groups attached to an aromatic ring is 1. The van der Waals surface area contributed by atoms with Crippen LogP contribution >= 0.6 is 35.6 Å². The molecule has 0 aliphatic heterocycles. The quantitative estimate of drug-likeness (QED) is 0.511. The molecule has 0 atom stereocenters. The first-order chi connectivity index (χ1) is 5.70. The Balaban J connectivity index is 2.94. The van der Waals surface area contributed by atoms with Gasteiger partial charge in [-0.3, -0.25) is 0 Å². The number of benzene rings is 1. The number of hydrogen-bond acceptors (Lipinski definition) is 3. The first-order valence-electron chi connectivity index (χ1n) is 3.34. The first-order valence-corrected chi connectivity index (χ1v) is 5.05. The van der Waals surface area contributed by atoms with E-state index in [4.69, 9.17) is 17.3 Å². The van der Waals surface area contributed by atoms with Crippen molar-refractivity contribution in [3.05, 3.63) is 22.5 Å². The number of halogens is 1. The van der Waals surface area contributed by atoms with Gasteiger partial charge < -0.3 is 5.73 Å². The predicted molar refractivity (Wildman–Crippen MR) is 58.5 cm³/mol. The molecule has 1 nitrogen and oxygen atoms in total. The van der Waals surface area contributed by atoms with Gasteiger partial charge >= 0.3 is 0 Å². The number of hydrogen-bond donors (Lipinski definition) is 2. The number of anilines is 1. The molecule has 0 aliphatic carbocycles. The molecule has 0 aliphatic rings. The third-order valence-corrected chi connectivity index (χ3v) is 3.57. The van der Waals surface area contributed by atoms with Gasteiger partial charge in [-0.25, -0.2) is 0 Å². The maximum Gasteiger partial charge on any atom is 0.0646 e. The van der Waals surface area contributed by atoms with Crippen LogP contribution in [0, 0.1) is 0 Å². The maximum atomic E-state index is 6.02. The van der Waals surface area contributed by atoms with Gasteiger partial charge in [0.1, 0.15) is 0 Å². The van der Waals surface area contributed by atoms with E-state index in [1.807, 2.05) is 17.5 Å². The van der Waals surface area contributed by atoms with Crippen molar-refractivity contribution in [2.75, 3.05) is 5.73 Å². The molecule has 0 spiro atoms. The first kappa shape index (κ1) is 8.23. The van der Waals surface area contributed by atoms with E-state index in [1.54, 1.807) is 11.3 Å². The fourth-order valence-electron chi connectivity index (χ4n) is 1.08. The molecule has 0 bridgehead atoms. The minimum atomic E-state index is 0.637. The lowest BCUT2D eigenvalue weighted by Gasteiger charge is -2.02. The van der Waals surface area contributed by atoms with Crippen molar-refractivity contribution in [1.82, 2.24) is 0 Å². The van der Waals surface area contributed by atoms with Crippen LogP contribution in [0.2, 0.25) is 5.02 Å². The van der Waals surface area contributed by atoms with Gasteiger partial charge in [0.15, 0.2) is 0 Å². The lowest BCUT2D eigenvalue weighted by molar-refractivity contribution is 1.53. The summed E-state index contributed by atoms with van der Waals surface area (Å²) in [5.41, 5.74) is 6.33. The zero-order valence-electron chi connectivity index (χ0n) is 6.04. The van der Waals surface area contributed by atoms with Gasteiger partial charge in [0.05, 0.1) is 5.02 Å². The molecular formula is C8H6ClNS2. The highest BCUT2D eigenvalue weighted by molar-refractivity contribution is 7.80. The third-order valence-electron chi connectivity index (χ3n) is 1.70. The third kappa shape index (κ3) is 1.09. The highest BCUT2D eigenvalue weighted by Crippen LogP contribution is 2.36. The van der Waals surface area contributed by atoms with Gasteiger partial charge in [0, 0.05) is 20.7 Å². The van der Waals surface area contributed by atoms with Gasteiger partial charge in [-0.2, -0.15) is 0 Å². The summed E-state index contributed by atoms with van der Waals surface area (Å²) in [5.74, 6) is 0. The lowest BCUT2D eigenvalue weighted by Crippen LogP contribution is -1.86. The van der Waals surface area contributed by atoms with Gasteiger partial charge in [-0.1, -0.05) is 11.6 Å². The second-order valence-electron chi connectivity index (χ2n) is 2.46. The van der Waals surface area contributed by atoms with Crippen LogP contribution < -0.4 is 5.73 Å². The Bertz CT molecular complexity index is 436. The van der Waals surface area contributed by atoms with Crippen molar-refractivity contribution in [2.24, 2.45) is 0 Å². The highest BCUT2D eigenvalue weighted by Gasteiger charge is 2.06. The Kier molecular flexibility index (Phi) is 1.94. The topological polar surface area (TPSA) is 26.0 Å². The summed E-state index contributed by atoms with van der Waals surface area (Å²) in [6.07, 6.45) is 0. The number of rotatable bonds is 0. The fourth-order valence-corrected chi connectivity index (χ4v) is 2.44. The van der Waals surface area contributed by atoms with Crippen LogP contribution in [0.15, 0.2) is 22.4 Å². The monoisotopic (exact) mass is 215 g/mol. The molecule has 2 rings (SSSR count). The van der Waals surface area contributed by atoms with Crippen LogP contribution in [-0.4, -0.2) is 0 Å². The summed E-state index contributed by atoms with van der Waals surface area (Å²) < 4.78 is 1.11. The van der Waals surface area contributed by atoms with E-state index < -0.39 is 0 Å². The largest absolute Gasteiger partial charge is 0.398 e. The lowest BCUT2D eigenvalue weighted by atomic mass is 10.2. The number of thiol groups is 1. The SMILES string of the molecule is Nc1cc2sccc2c(Cl)c1S. The molecule has 2 N–H and O–H groups in total. The molecule has 0 amide bonds. The maximum absolute atomic E-state index is 6.02. The Hall–Kier alpha value is -0.380. The van der Waals surface area contributed by atoms with Crippen molar-refractivity contribution in [2.45, 2.75) is 4.90 Å². The summed E-state index contributed by atoms with van der Waals surface area (Å²) in [7, 11) is 0. The predicted octanol–water partition coefficient (Wildman–Crippen LogP) is 3.43. The molecule has 0 saturated heterocycles. The number of fused-ring (bicyclic) bond motifs is 1. The summed E-state index contributed by atoms with van der Waals surface area (Å²) in [4.78, 5) is 0.669. The van der Waals surface area contributed by atoms with E-state index >= 15 is 0 Å². The zero-order chi connectivity index (χ0) is 8.72. The molecule has 0 radical (unpaired) electrons. The van der Waals surface area contributed by atoms with Gasteiger partial charge in [-0.05, 0) is 17.5 Å². The van der Waals surface area contributed by atoms with Crippen LogP contribution in [0.5, 0.6) is 0 Å². The van der Waals surface area contributed by atoms with Crippen LogP contribution in [0.4, 0.5) is 5.69 Å². The fraction of sp³-hybridized carbons (Fsp3) is 0. The molecule has 0 fully saturated rings. The average molecular weight is 216 g/mol. The van der Waals surface area contributed by atoms with E-state index in [9.17, 15) is 0 Å². The molecule has 12 heavy (non-hydrogen) atoms. The molecule has 0 unspecified atom stereocenters. The van der Waals surface area contributed by atoms with Crippen molar-refractivity contribution >= 4 is 51.3 Å². The van der Waals surface area contributed by atoms with Crippen molar-refractivity contribution in [3.8, 4) is 0 Å². The van der Waals surface area contributed by atoms with E-state index in [0.717, 1.165) is 10.1 Å². The average Bonchev–Trinajstić information content (AvgIpc) is 2.48. The molecule has 62 valence electrons. The van der Waals surface area contributed by atoms with Crippen molar-refractivity contribution in [1.29, 1.82) is 0 Å². The second-order valence-corrected chi connectivity index (χ2v) is 4.23. The molecule has 1 aromatic heterocycles. The number of thiophene rings is 1. The zero-order valence-corrected chi connectivity index (χ0v) is 8.51. The van der Waals surface area contributed by atoms with Crippen LogP contribution in [-0.2, 0) is 0 Å². The second kappa shape index (κ2) is 2.83. The minimum Gasteiger partial charge on any atom is -0.398 e. The molecule has 0 saturated carbocycles.